The van der Waals surface area contributed by atoms with Crippen molar-refractivity contribution < 1.29 is 4.79 Å². The summed E-state index contributed by atoms with van der Waals surface area (Å²) in [5.74, 6) is 0.347. The zero-order chi connectivity index (χ0) is 15.4. The Kier molecular flexibility index (Phi) is 4.49. The Bertz CT molecular complexity index is 675. The Labute approximate surface area is 125 Å². The summed E-state index contributed by atoms with van der Waals surface area (Å²) in [5.41, 5.74) is 13.0. The molecule has 0 radical (unpaired) electrons. The van der Waals surface area contributed by atoms with Gasteiger partial charge >= 0.3 is 0 Å². The minimum atomic E-state index is -0.00645. The predicted molar refractivity (Wildman–Crippen MR) is 83.3 cm³/mol. The highest BCUT2D eigenvalue weighted by molar-refractivity contribution is 7.98. The van der Waals surface area contributed by atoms with Gasteiger partial charge in [0, 0.05) is 5.56 Å². The molecule has 7 nitrogen and oxygen atoms in total. The van der Waals surface area contributed by atoms with Crippen molar-refractivity contribution in [2.24, 2.45) is 10.2 Å². The number of carbonyl (C=O) groups is 1. The molecule has 108 valence electrons. The van der Waals surface area contributed by atoms with E-state index in [-0.39, 0.29) is 23.1 Å². The summed E-state index contributed by atoms with van der Waals surface area (Å²) in [7, 11) is 0. The first-order valence-corrected chi connectivity index (χ1v) is 7.23. The number of aromatic nitrogens is 2. The van der Waals surface area contributed by atoms with Crippen LogP contribution in [0.15, 0.2) is 39.7 Å². The highest BCUT2D eigenvalue weighted by Crippen LogP contribution is 2.30. The number of nitrogen functional groups attached to an aromatic ring is 2. The van der Waals surface area contributed by atoms with Crippen LogP contribution in [0.25, 0.3) is 0 Å². The molecule has 0 aliphatic heterocycles. The van der Waals surface area contributed by atoms with Crippen molar-refractivity contribution in [1.82, 2.24) is 9.97 Å². The van der Waals surface area contributed by atoms with Crippen LogP contribution in [-0.2, 0) is 0 Å². The number of thioether (sulfide) groups is 1. The van der Waals surface area contributed by atoms with Gasteiger partial charge in [0.05, 0.1) is 5.69 Å². The lowest BCUT2D eigenvalue weighted by Crippen LogP contribution is -2.00. The van der Waals surface area contributed by atoms with E-state index in [1.54, 1.807) is 24.3 Å². The third kappa shape index (κ3) is 3.54. The maximum atomic E-state index is 11.2. The van der Waals surface area contributed by atoms with Crippen LogP contribution in [0.2, 0.25) is 0 Å². The molecule has 1 aromatic heterocycles. The van der Waals surface area contributed by atoms with Crippen LogP contribution < -0.4 is 11.5 Å². The first kappa shape index (κ1) is 14.9. The van der Waals surface area contributed by atoms with E-state index in [9.17, 15) is 4.79 Å². The second-order valence-electron chi connectivity index (χ2n) is 4.13. The molecule has 21 heavy (non-hydrogen) atoms. The fraction of sp³-hybridized carbons (Fsp3) is 0.154. The lowest BCUT2D eigenvalue weighted by molar-refractivity contribution is 0.101. The number of benzene rings is 1. The molecule has 0 fully saturated rings. The van der Waals surface area contributed by atoms with Crippen LogP contribution in [-0.4, -0.2) is 22.0 Å². The van der Waals surface area contributed by atoms with Gasteiger partial charge in [-0.05, 0) is 37.4 Å². The molecule has 0 aliphatic carbocycles. The van der Waals surface area contributed by atoms with E-state index < -0.39 is 0 Å². The van der Waals surface area contributed by atoms with Gasteiger partial charge in [0.15, 0.2) is 28.3 Å². The zero-order valence-electron chi connectivity index (χ0n) is 11.6. The SMILES string of the molecule is CSc1nc(N)c(N=Nc2ccc(C(C)=O)cc2)c(N)n1. The quantitative estimate of drug-likeness (QED) is 0.388. The molecular weight excluding hydrogens is 288 g/mol. The molecule has 0 spiro atoms. The number of azo groups is 1. The summed E-state index contributed by atoms with van der Waals surface area (Å²) in [6.07, 6.45) is 1.83. The van der Waals surface area contributed by atoms with Gasteiger partial charge < -0.3 is 11.5 Å². The van der Waals surface area contributed by atoms with Crippen LogP contribution in [0.3, 0.4) is 0 Å². The van der Waals surface area contributed by atoms with Crippen molar-refractivity contribution in [3.05, 3.63) is 29.8 Å². The topological polar surface area (TPSA) is 120 Å². The number of hydrogen-bond donors (Lipinski definition) is 2. The maximum Gasteiger partial charge on any atom is 0.191 e. The number of anilines is 2. The van der Waals surface area contributed by atoms with Crippen molar-refractivity contribution in [3.63, 3.8) is 0 Å². The molecule has 0 amide bonds. The number of nitrogens with two attached hydrogens (primary N) is 2. The normalized spacial score (nSPS) is 11.0. The monoisotopic (exact) mass is 302 g/mol. The molecule has 0 aliphatic rings. The highest BCUT2D eigenvalue weighted by atomic mass is 32.2. The van der Waals surface area contributed by atoms with E-state index in [1.165, 1.54) is 18.7 Å². The number of hydrogen-bond acceptors (Lipinski definition) is 8. The number of rotatable bonds is 4. The number of Topliss-reactive ketones (excluding diaryl/α,β-unsaturated/α-hetero) is 1. The highest BCUT2D eigenvalue weighted by Gasteiger charge is 2.09. The molecule has 0 bridgehead atoms. The lowest BCUT2D eigenvalue weighted by atomic mass is 10.1. The van der Waals surface area contributed by atoms with Crippen LogP contribution in [0.4, 0.5) is 23.0 Å². The van der Waals surface area contributed by atoms with E-state index in [1.807, 2.05) is 6.26 Å². The van der Waals surface area contributed by atoms with Gasteiger partial charge in [-0.1, -0.05) is 11.8 Å². The molecule has 8 heteroatoms. The average Bonchev–Trinajstić information content (AvgIpc) is 2.46. The lowest BCUT2D eigenvalue weighted by Gasteiger charge is -2.03. The Balaban J connectivity index is 2.27. The van der Waals surface area contributed by atoms with Crippen molar-refractivity contribution in [3.8, 4) is 0 Å². The second-order valence-corrected chi connectivity index (χ2v) is 4.91. The molecule has 0 saturated heterocycles. The van der Waals surface area contributed by atoms with E-state index >= 15 is 0 Å². The van der Waals surface area contributed by atoms with Crippen molar-refractivity contribution in [2.45, 2.75) is 12.1 Å². The Morgan fingerprint density at radius 1 is 1.10 bits per heavy atom. The molecule has 4 N–H and O–H groups in total. The van der Waals surface area contributed by atoms with Gasteiger partial charge in [0.1, 0.15) is 0 Å². The minimum absolute atomic E-state index is 0.00645. The van der Waals surface area contributed by atoms with E-state index in [4.69, 9.17) is 11.5 Å². The average molecular weight is 302 g/mol. The number of ketones is 1. The molecule has 0 atom stereocenters. The van der Waals surface area contributed by atoms with Crippen LogP contribution in [0.1, 0.15) is 17.3 Å². The Morgan fingerprint density at radius 2 is 1.67 bits per heavy atom. The first-order chi connectivity index (χ1) is 10.0. The summed E-state index contributed by atoms with van der Waals surface area (Å²) in [6, 6.07) is 6.72. The third-order valence-electron chi connectivity index (χ3n) is 2.64. The van der Waals surface area contributed by atoms with Gasteiger partial charge in [-0.25, -0.2) is 9.97 Å². The molecule has 0 unspecified atom stereocenters. The van der Waals surface area contributed by atoms with Crippen LogP contribution >= 0.6 is 11.8 Å². The standard InChI is InChI=1S/C13H14N6OS/c1-7(20)8-3-5-9(6-4-8)18-19-10-11(14)16-13(21-2)17-12(10)15/h3-6H,1-2H3,(H4,14,15,16,17). The third-order valence-corrected chi connectivity index (χ3v) is 3.19. The molecule has 2 aromatic rings. The number of nitrogens with zero attached hydrogens (tertiary/aromatic N) is 4. The van der Waals surface area contributed by atoms with Crippen molar-refractivity contribution in [1.29, 1.82) is 0 Å². The van der Waals surface area contributed by atoms with Crippen molar-refractivity contribution in [2.75, 3.05) is 17.7 Å². The summed E-state index contributed by atoms with van der Waals surface area (Å²) in [5, 5.41) is 8.48. The van der Waals surface area contributed by atoms with Gasteiger partial charge in [-0.2, -0.15) is 5.11 Å². The summed E-state index contributed by atoms with van der Waals surface area (Å²) in [4.78, 5) is 19.3. The minimum Gasteiger partial charge on any atom is -0.382 e. The van der Waals surface area contributed by atoms with E-state index in [0.717, 1.165) is 0 Å². The Hall–Kier alpha value is -2.48. The van der Waals surface area contributed by atoms with Gasteiger partial charge in [-0.3, -0.25) is 4.79 Å². The maximum absolute atomic E-state index is 11.2. The van der Waals surface area contributed by atoms with Crippen LogP contribution in [0.5, 0.6) is 0 Å². The zero-order valence-corrected chi connectivity index (χ0v) is 12.4. The summed E-state index contributed by atoms with van der Waals surface area (Å²) >= 11 is 1.34. The molecular formula is C13H14N6OS. The van der Waals surface area contributed by atoms with E-state index in [0.29, 0.717) is 16.4 Å². The summed E-state index contributed by atoms with van der Waals surface area (Å²) in [6.45, 7) is 1.50. The van der Waals surface area contributed by atoms with Gasteiger partial charge in [-0.15, -0.1) is 5.11 Å². The van der Waals surface area contributed by atoms with Crippen molar-refractivity contribution >= 4 is 40.6 Å². The largest absolute Gasteiger partial charge is 0.382 e. The van der Waals surface area contributed by atoms with E-state index in [2.05, 4.69) is 20.2 Å². The Morgan fingerprint density at radius 3 is 2.14 bits per heavy atom. The molecule has 1 heterocycles. The van der Waals surface area contributed by atoms with Crippen LogP contribution in [0, 0.1) is 0 Å². The molecule has 1 aromatic carbocycles. The molecule has 2 rings (SSSR count). The first-order valence-electron chi connectivity index (χ1n) is 6.01. The molecule has 0 saturated carbocycles. The predicted octanol–water partition coefficient (Wildman–Crippen LogP) is 2.98. The smallest absolute Gasteiger partial charge is 0.191 e. The van der Waals surface area contributed by atoms with Gasteiger partial charge in [0.25, 0.3) is 0 Å². The summed E-state index contributed by atoms with van der Waals surface area (Å²) < 4.78 is 0. The second kappa shape index (κ2) is 6.31. The number of carbonyl (C=O) groups excluding carboxylic acids is 1. The fourth-order valence-corrected chi connectivity index (χ4v) is 1.91. The van der Waals surface area contributed by atoms with Gasteiger partial charge in [0.2, 0.25) is 0 Å². The fourth-order valence-electron chi connectivity index (χ4n) is 1.53.